The van der Waals surface area contributed by atoms with Gasteiger partial charge in [-0.25, -0.2) is 0 Å². The van der Waals surface area contributed by atoms with Crippen molar-refractivity contribution in [1.82, 2.24) is 29.9 Å². The monoisotopic (exact) mass is 2080 g/mol. The van der Waals surface area contributed by atoms with Gasteiger partial charge in [0.15, 0.2) is 5.90 Å². The number of aromatic nitrogens is 6. The predicted octanol–water partition coefficient (Wildman–Crippen LogP) is 21.4. The summed E-state index contributed by atoms with van der Waals surface area (Å²) in [5, 5.41) is 11.8. The van der Waals surface area contributed by atoms with E-state index in [-0.39, 0.29) is 42.1 Å². The molecule has 558 valence electrons. The first kappa shape index (κ1) is 84.8. The molecule has 0 fully saturated rings. The molecule has 0 bridgehead atoms. The van der Waals surface area contributed by atoms with Crippen molar-refractivity contribution in [3.05, 3.63) is 461 Å². The molecule has 6 heterocycles. The van der Waals surface area contributed by atoms with Crippen LogP contribution in [-0.2, 0) is 60.9 Å². The van der Waals surface area contributed by atoms with Crippen LogP contribution in [0.4, 0.5) is 0 Å². The second kappa shape index (κ2) is 47.7. The molecule has 0 radical (unpaired) electrons. The van der Waals surface area contributed by atoms with Crippen molar-refractivity contribution < 1.29 is 60.9 Å². The first-order valence-corrected chi connectivity index (χ1v) is 45.3. The molecule has 17 aromatic rings. The molecule has 11 aromatic carbocycles. The Morgan fingerprint density at radius 2 is 0.446 bits per heavy atom. The second-order valence-corrected chi connectivity index (χ2v) is 35.2. The average molecular weight is 2090 g/mol. The van der Waals surface area contributed by atoms with E-state index in [0.29, 0.717) is 0 Å². The largest absolute Gasteiger partial charge is 0.295 e. The van der Waals surface area contributed by atoms with E-state index in [1.54, 1.807) is 37.4 Å². The third-order valence-electron chi connectivity index (χ3n) is 17.4. The van der Waals surface area contributed by atoms with E-state index in [2.05, 4.69) is 300 Å². The first-order chi connectivity index (χ1) is 54.6. The Hall–Kier alpha value is -9.61. The average Bonchev–Trinajstić information content (AvgIpc) is 0.803. The minimum atomic E-state index is -0.847. The molecule has 0 aliphatic rings. The summed E-state index contributed by atoms with van der Waals surface area (Å²) in [6.07, 6.45) is 5.33. The summed E-state index contributed by atoms with van der Waals surface area (Å²) in [6.45, 7) is 0. The van der Waals surface area contributed by atoms with Crippen LogP contribution >= 0.6 is 41.1 Å². The van der Waals surface area contributed by atoms with Crippen molar-refractivity contribution in [2.24, 2.45) is 0 Å². The van der Waals surface area contributed by atoms with E-state index in [1.165, 1.54) is 54.2 Å². The number of halogens is 1. The SMILES string of the molecule is [Cl][Pt+].[Pt].[Pt].[c-]1ccccc1-c1cccc(-c2ccccn2)n1.[c-]1ccccc1-c1cccc(-c2ccccn2)n1.[c-]1ccccc1-c1cccc(-c2ccccn2)n1.c1ccc(P(CP(c2ccccc2)c2ccccc2)c2ccccc2)cc1.c1ccc([PH+](C[PH+](c2ccccc2)c2ccccc2)c2ccccc2)cc1. The van der Waals surface area contributed by atoms with Gasteiger partial charge in [0.05, 0.1) is 34.2 Å². The molecule has 0 unspecified atom stereocenters. The quantitative estimate of drug-likeness (QED) is 0.0629. The van der Waals surface area contributed by atoms with Crippen LogP contribution in [-0.4, -0.2) is 41.7 Å². The van der Waals surface area contributed by atoms with Gasteiger partial charge >= 0.3 is 28.2 Å². The zero-order chi connectivity index (χ0) is 75.3. The summed E-state index contributed by atoms with van der Waals surface area (Å²) >= 11 is 1.61. The van der Waals surface area contributed by atoms with Crippen LogP contribution in [0.5, 0.6) is 0 Å². The molecule has 6 aromatic heterocycles. The van der Waals surface area contributed by atoms with E-state index >= 15 is 0 Å². The molecule has 0 saturated carbocycles. The Balaban J connectivity index is 0.000000149. The topological polar surface area (TPSA) is 77.3 Å². The zero-order valence-electron chi connectivity index (χ0n) is 61.0. The molecule has 112 heavy (non-hydrogen) atoms. The van der Waals surface area contributed by atoms with Gasteiger partial charge in [-0.1, -0.05) is 249 Å². The number of hydrogen-bond acceptors (Lipinski definition) is 6. The van der Waals surface area contributed by atoms with Crippen LogP contribution in [0, 0.1) is 18.2 Å². The van der Waals surface area contributed by atoms with Gasteiger partial charge in [-0.15, -0.1) is 108 Å². The zero-order valence-corrected chi connectivity index (χ0v) is 72.3. The maximum absolute atomic E-state index is 4.62. The van der Waals surface area contributed by atoms with Crippen LogP contribution in [0.25, 0.3) is 67.9 Å². The summed E-state index contributed by atoms with van der Waals surface area (Å²) < 4.78 is 0. The molecule has 6 nitrogen and oxygen atoms in total. The fourth-order valence-corrected chi connectivity index (χ4v) is 26.3. The van der Waals surface area contributed by atoms with E-state index in [1.807, 2.05) is 182 Å². The van der Waals surface area contributed by atoms with Crippen molar-refractivity contribution >= 4 is 83.5 Å². The summed E-state index contributed by atoms with van der Waals surface area (Å²) in [5.74, 6) is 2.42. The Morgan fingerprint density at radius 1 is 0.232 bits per heavy atom. The Labute approximate surface area is 708 Å². The van der Waals surface area contributed by atoms with Crippen molar-refractivity contribution in [3.63, 3.8) is 0 Å². The number of rotatable bonds is 18. The van der Waals surface area contributed by atoms with E-state index in [4.69, 9.17) is 0 Å². The van der Waals surface area contributed by atoms with Gasteiger partial charge in [-0.05, 0) is 157 Å². The molecule has 17 rings (SSSR count). The van der Waals surface area contributed by atoms with Crippen LogP contribution in [0.15, 0.2) is 443 Å². The van der Waals surface area contributed by atoms with Gasteiger partial charge in [-0.3, -0.25) is 29.9 Å². The Morgan fingerprint density at radius 3 is 0.670 bits per heavy atom. The van der Waals surface area contributed by atoms with E-state index in [9.17, 15) is 0 Å². The van der Waals surface area contributed by atoms with E-state index < -0.39 is 31.7 Å². The second-order valence-electron chi connectivity index (χ2n) is 24.6. The van der Waals surface area contributed by atoms with Crippen LogP contribution in [0.3, 0.4) is 0 Å². The number of hydrogen-bond donors (Lipinski definition) is 0. The maximum Gasteiger partial charge on any atom is 0.174 e. The molecule has 0 N–H and O–H groups in total. The van der Waals surface area contributed by atoms with Gasteiger partial charge < -0.3 is 0 Å². The van der Waals surface area contributed by atoms with Gasteiger partial charge in [0.1, 0.15) is 37.1 Å². The van der Waals surface area contributed by atoms with Gasteiger partial charge in [0.2, 0.25) is 0 Å². The summed E-state index contributed by atoms with van der Waals surface area (Å²) in [4.78, 5) is 26.8. The predicted molar refractivity (Wildman–Crippen MR) is 470 cm³/mol. The van der Waals surface area contributed by atoms with Crippen molar-refractivity contribution in [3.8, 4) is 67.9 Å². The van der Waals surface area contributed by atoms with Crippen LogP contribution in [0.1, 0.15) is 0 Å². The van der Waals surface area contributed by atoms with Crippen molar-refractivity contribution in [2.45, 2.75) is 0 Å². The molecule has 0 atom stereocenters. The number of benzene rings is 11. The van der Waals surface area contributed by atoms with E-state index in [0.717, 1.165) is 67.9 Å². The molecule has 0 spiro atoms. The van der Waals surface area contributed by atoms with Crippen LogP contribution < -0.4 is 42.4 Å². The summed E-state index contributed by atoms with van der Waals surface area (Å²) in [5.41, 5.74) is 11.0. The summed E-state index contributed by atoms with van der Waals surface area (Å²) in [6, 6.07) is 157. The molecule has 0 amide bonds. The molecule has 0 saturated heterocycles. The third-order valence-corrected chi connectivity index (χ3v) is 30.3. The van der Waals surface area contributed by atoms with Crippen molar-refractivity contribution in [2.75, 3.05) is 11.8 Å². The molecule has 0 aliphatic carbocycles. The van der Waals surface area contributed by atoms with Gasteiger partial charge in [0, 0.05) is 66.6 Å². The third kappa shape index (κ3) is 25.7. The minimum absolute atomic E-state index is 0. The summed E-state index contributed by atoms with van der Waals surface area (Å²) in [7, 11) is 2.10. The minimum Gasteiger partial charge on any atom is -0.295 e. The van der Waals surface area contributed by atoms with Crippen molar-refractivity contribution in [1.29, 1.82) is 0 Å². The number of nitrogens with zero attached hydrogens (tertiary/aromatic N) is 6. The fourth-order valence-electron chi connectivity index (χ4n) is 12.1. The molecular formula is C98H79ClN6P4Pt3. The van der Waals surface area contributed by atoms with Crippen LogP contribution in [0.2, 0.25) is 0 Å². The number of pyridine rings is 6. The standard InChI is InChI=1S/2C25H22P2.3C16H11N2.ClH.3Pt/c2*1-5-13-22(14-6-1)26(23-15-7-2-8-16-23)21-27(24-17-9-3-10-18-24)25-19-11-4-12-20-25;3*1-2-7-13(8-3-1)14-10-6-11-16(18-14)15-9-4-5-12-17-15;;;;/h2*1-20H,21H2;3*1-7,9-12H;1H;;;/q;;3*-1;;;;+2/p+1. The first-order valence-electron chi connectivity index (χ1n) is 36.0. The molecule has 14 heteroatoms. The molecular weight excluding hydrogens is 2010 g/mol. The fraction of sp³-hybridized carbons (Fsp3) is 0.0204. The maximum atomic E-state index is 4.62. The molecule has 0 aliphatic heterocycles. The Kier molecular flexibility index (Phi) is 36.1. The van der Waals surface area contributed by atoms with Gasteiger partial charge in [-0.2, -0.15) is 0 Å². The van der Waals surface area contributed by atoms with Gasteiger partial charge in [0.25, 0.3) is 0 Å². The smallest absolute Gasteiger partial charge is 0.174 e. The Bertz CT molecular complexity index is 4460. The normalized spacial score (nSPS) is 10.3.